The van der Waals surface area contributed by atoms with Gasteiger partial charge in [0.15, 0.2) is 5.69 Å². The lowest BCUT2D eigenvalue weighted by molar-refractivity contribution is 0.0690. The highest BCUT2D eigenvalue weighted by atomic mass is 32.2. The summed E-state index contributed by atoms with van der Waals surface area (Å²) in [5, 5.41) is 9.42. The number of nitrogens with zero attached hydrogens (tertiary/aromatic N) is 3. The van der Waals surface area contributed by atoms with Gasteiger partial charge < -0.3 is 10.0 Å². The van der Waals surface area contributed by atoms with Crippen LogP contribution in [0.2, 0.25) is 0 Å². The second-order valence-electron chi connectivity index (χ2n) is 4.02. The van der Waals surface area contributed by atoms with Crippen molar-refractivity contribution in [2.45, 2.75) is 18.6 Å². The Balaban J connectivity index is 2.08. The molecule has 1 aromatic heterocycles. The number of aromatic carboxylic acids is 1. The van der Waals surface area contributed by atoms with Crippen LogP contribution in [0.5, 0.6) is 0 Å². The molecule has 0 bridgehead atoms. The van der Waals surface area contributed by atoms with Crippen LogP contribution < -0.4 is 4.90 Å². The molecule has 17 heavy (non-hydrogen) atoms. The predicted octanol–water partition coefficient (Wildman–Crippen LogP) is 1.51. The molecule has 1 saturated heterocycles. The third kappa shape index (κ3) is 3.09. The van der Waals surface area contributed by atoms with Crippen molar-refractivity contribution in [2.24, 2.45) is 0 Å². The van der Waals surface area contributed by atoms with Crippen LogP contribution in [0.1, 0.15) is 23.8 Å². The van der Waals surface area contributed by atoms with Crippen molar-refractivity contribution in [3.05, 3.63) is 18.1 Å². The van der Waals surface area contributed by atoms with Crippen molar-refractivity contribution in [2.75, 3.05) is 23.7 Å². The van der Waals surface area contributed by atoms with Gasteiger partial charge in [0.1, 0.15) is 5.82 Å². The Morgan fingerprint density at radius 3 is 2.94 bits per heavy atom. The molecular formula is C11H15N3O2S. The molecule has 1 aliphatic heterocycles. The number of carboxylic acid groups (broad SMARTS) is 1. The fraction of sp³-hybridized carbons (Fsp3) is 0.545. The summed E-state index contributed by atoms with van der Waals surface area (Å²) in [6, 6.07) is 0. The summed E-state index contributed by atoms with van der Waals surface area (Å²) in [4.78, 5) is 20.9. The maximum atomic E-state index is 10.7. The van der Waals surface area contributed by atoms with Gasteiger partial charge in [-0.1, -0.05) is 6.92 Å². The van der Waals surface area contributed by atoms with Gasteiger partial charge >= 0.3 is 5.97 Å². The SMILES string of the molecule is CC1CCN(c2cnc(C(=O)O)cn2)CCS1. The maximum absolute atomic E-state index is 10.7. The first-order chi connectivity index (χ1) is 8.16. The molecule has 1 N–H and O–H groups in total. The van der Waals surface area contributed by atoms with Gasteiger partial charge in [0.05, 0.1) is 12.4 Å². The molecule has 0 aliphatic carbocycles. The van der Waals surface area contributed by atoms with E-state index >= 15 is 0 Å². The van der Waals surface area contributed by atoms with Gasteiger partial charge in [-0.05, 0) is 6.42 Å². The van der Waals surface area contributed by atoms with E-state index in [1.165, 1.54) is 6.20 Å². The highest BCUT2D eigenvalue weighted by molar-refractivity contribution is 7.99. The summed E-state index contributed by atoms with van der Waals surface area (Å²) in [6.07, 6.45) is 3.98. The minimum Gasteiger partial charge on any atom is -0.476 e. The minimum atomic E-state index is -1.04. The average Bonchev–Trinajstić information content (AvgIpc) is 2.54. The molecule has 2 heterocycles. The molecule has 92 valence electrons. The van der Waals surface area contributed by atoms with E-state index in [1.807, 2.05) is 11.8 Å². The monoisotopic (exact) mass is 253 g/mol. The average molecular weight is 253 g/mol. The van der Waals surface area contributed by atoms with Crippen molar-refractivity contribution in [3.8, 4) is 0 Å². The molecule has 1 atom stereocenters. The molecule has 1 aliphatic rings. The van der Waals surface area contributed by atoms with E-state index in [4.69, 9.17) is 5.11 Å². The largest absolute Gasteiger partial charge is 0.476 e. The smallest absolute Gasteiger partial charge is 0.356 e. The van der Waals surface area contributed by atoms with Gasteiger partial charge in [-0.3, -0.25) is 0 Å². The third-order valence-corrected chi connectivity index (χ3v) is 3.97. The van der Waals surface area contributed by atoms with Crippen LogP contribution in [0.15, 0.2) is 12.4 Å². The fourth-order valence-electron chi connectivity index (χ4n) is 1.72. The van der Waals surface area contributed by atoms with Crippen LogP contribution in [0, 0.1) is 0 Å². The van der Waals surface area contributed by atoms with Crippen molar-refractivity contribution < 1.29 is 9.90 Å². The Hall–Kier alpha value is -1.30. The molecule has 0 amide bonds. The van der Waals surface area contributed by atoms with Crippen molar-refractivity contribution in [1.29, 1.82) is 0 Å². The first-order valence-corrected chi connectivity index (χ1v) is 6.63. The standard InChI is InChI=1S/C11H15N3O2S/c1-8-2-3-14(4-5-17-8)10-7-12-9(6-13-10)11(15)16/h6-8H,2-5H2,1H3,(H,15,16). The quantitative estimate of drug-likeness (QED) is 0.861. The topological polar surface area (TPSA) is 66.3 Å². The highest BCUT2D eigenvalue weighted by Gasteiger charge is 2.16. The predicted molar refractivity (Wildman–Crippen MR) is 67.7 cm³/mol. The summed E-state index contributed by atoms with van der Waals surface area (Å²) in [5.41, 5.74) is -0.00804. The number of anilines is 1. The van der Waals surface area contributed by atoms with E-state index in [0.717, 1.165) is 31.1 Å². The molecule has 5 nitrogen and oxygen atoms in total. The zero-order valence-electron chi connectivity index (χ0n) is 9.67. The highest BCUT2D eigenvalue weighted by Crippen LogP contribution is 2.21. The molecule has 0 saturated carbocycles. The van der Waals surface area contributed by atoms with Crippen LogP contribution in [0.4, 0.5) is 5.82 Å². The Labute approximate surface area is 104 Å². The zero-order valence-corrected chi connectivity index (χ0v) is 10.5. The second kappa shape index (κ2) is 5.35. The van der Waals surface area contributed by atoms with Gasteiger partial charge in [-0.15, -0.1) is 0 Å². The van der Waals surface area contributed by atoms with Crippen LogP contribution in [-0.2, 0) is 0 Å². The van der Waals surface area contributed by atoms with Crippen LogP contribution in [0.25, 0.3) is 0 Å². The summed E-state index contributed by atoms with van der Waals surface area (Å²) >= 11 is 1.96. The molecule has 6 heteroatoms. The Morgan fingerprint density at radius 2 is 2.29 bits per heavy atom. The summed E-state index contributed by atoms with van der Waals surface area (Å²) in [5.74, 6) is 0.803. The molecular weight excluding hydrogens is 238 g/mol. The fourth-order valence-corrected chi connectivity index (χ4v) is 2.72. The summed E-state index contributed by atoms with van der Waals surface area (Å²) < 4.78 is 0. The molecule has 0 aromatic carbocycles. The van der Waals surface area contributed by atoms with E-state index in [-0.39, 0.29) is 5.69 Å². The third-order valence-electron chi connectivity index (χ3n) is 2.75. The van der Waals surface area contributed by atoms with Crippen molar-refractivity contribution >= 4 is 23.5 Å². The van der Waals surface area contributed by atoms with Gasteiger partial charge in [0, 0.05) is 24.1 Å². The molecule has 1 unspecified atom stereocenters. The van der Waals surface area contributed by atoms with Gasteiger partial charge in [-0.25, -0.2) is 14.8 Å². The van der Waals surface area contributed by atoms with Gasteiger partial charge in [-0.2, -0.15) is 11.8 Å². The molecule has 1 aromatic rings. The lowest BCUT2D eigenvalue weighted by Crippen LogP contribution is -2.27. The number of carboxylic acids is 1. The van der Waals surface area contributed by atoms with E-state index in [9.17, 15) is 4.79 Å². The molecule has 2 rings (SSSR count). The number of carbonyl (C=O) groups is 1. The number of hydrogen-bond acceptors (Lipinski definition) is 5. The zero-order chi connectivity index (χ0) is 12.3. The summed E-state index contributed by atoms with van der Waals surface area (Å²) in [6.45, 7) is 4.12. The Morgan fingerprint density at radius 1 is 1.47 bits per heavy atom. The van der Waals surface area contributed by atoms with Crippen LogP contribution >= 0.6 is 11.8 Å². The van der Waals surface area contributed by atoms with E-state index in [0.29, 0.717) is 5.25 Å². The van der Waals surface area contributed by atoms with E-state index < -0.39 is 5.97 Å². The lowest BCUT2D eigenvalue weighted by atomic mass is 10.3. The molecule has 0 radical (unpaired) electrons. The number of thioether (sulfide) groups is 1. The van der Waals surface area contributed by atoms with Crippen molar-refractivity contribution in [1.82, 2.24) is 9.97 Å². The second-order valence-corrected chi connectivity index (χ2v) is 5.57. The summed E-state index contributed by atoms with van der Waals surface area (Å²) in [7, 11) is 0. The number of rotatable bonds is 2. The van der Waals surface area contributed by atoms with Crippen LogP contribution in [-0.4, -0.2) is 45.1 Å². The van der Waals surface area contributed by atoms with Crippen molar-refractivity contribution in [3.63, 3.8) is 0 Å². The minimum absolute atomic E-state index is 0.00804. The lowest BCUT2D eigenvalue weighted by Gasteiger charge is -2.20. The first kappa shape index (κ1) is 12.2. The Bertz CT molecular complexity index is 396. The van der Waals surface area contributed by atoms with E-state index in [2.05, 4.69) is 21.8 Å². The van der Waals surface area contributed by atoms with E-state index in [1.54, 1.807) is 6.20 Å². The number of aromatic nitrogens is 2. The van der Waals surface area contributed by atoms with Crippen LogP contribution in [0.3, 0.4) is 0 Å². The molecule has 0 spiro atoms. The van der Waals surface area contributed by atoms with Gasteiger partial charge in [0.2, 0.25) is 0 Å². The molecule has 1 fully saturated rings. The first-order valence-electron chi connectivity index (χ1n) is 5.58. The maximum Gasteiger partial charge on any atom is 0.356 e. The number of hydrogen-bond donors (Lipinski definition) is 1. The van der Waals surface area contributed by atoms with Gasteiger partial charge in [0.25, 0.3) is 0 Å². The Kier molecular flexibility index (Phi) is 3.83. The normalized spacial score (nSPS) is 21.0.